The summed E-state index contributed by atoms with van der Waals surface area (Å²) in [7, 11) is 0. The van der Waals surface area contributed by atoms with Gasteiger partial charge in [0.2, 0.25) is 0 Å². The number of fused-ring (bicyclic) bond motifs is 1. The van der Waals surface area contributed by atoms with Crippen LogP contribution in [0.5, 0.6) is 0 Å². The van der Waals surface area contributed by atoms with Gasteiger partial charge in [-0.2, -0.15) is 5.10 Å². The summed E-state index contributed by atoms with van der Waals surface area (Å²) in [5.41, 5.74) is 3.30. The van der Waals surface area contributed by atoms with Crippen LogP contribution >= 0.6 is 0 Å². The molecule has 3 heterocycles. The Morgan fingerprint density at radius 1 is 1.03 bits per heavy atom. The average molecular weight is 459 g/mol. The number of aromatic nitrogens is 4. The van der Waals surface area contributed by atoms with Crippen LogP contribution in [0, 0.1) is 12.7 Å². The lowest BCUT2D eigenvalue weighted by atomic mass is 10.2. The molecule has 0 unspecified atom stereocenters. The first-order valence-electron chi connectivity index (χ1n) is 11.6. The summed E-state index contributed by atoms with van der Waals surface area (Å²) in [4.78, 5) is 26.6. The number of rotatable bonds is 4. The number of benzene rings is 2. The SMILES string of the molecule is CCc1nc(N2CCCN(C(=O)c3cccc(F)c3)CC2)c2cnn(-c3ccc(C)cc3)c2n1. The molecule has 174 valence electrons. The Hall–Kier alpha value is -3.81. The summed E-state index contributed by atoms with van der Waals surface area (Å²) in [5.74, 6) is 1.06. The Morgan fingerprint density at radius 2 is 1.85 bits per heavy atom. The van der Waals surface area contributed by atoms with Crippen molar-refractivity contribution in [1.29, 1.82) is 0 Å². The molecular formula is C26H27FN6O. The molecule has 7 nitrogen and oxygen atoms in total. The van der Waals surface area contributed by atoms with Gasteiger partial charge in [0.05, 0.1) is 17.3 Å². The van der Waals surface area contributed by atoms with Crippen molar-refractivity contribution >= 4 is 22.8 Å². The van der Waals surface area contributed by atoms with Crippen LogP contribution in [0.25, 0.3) is 16.7 Å². The lowest BCUT2D eigenvalue weighted by molar-refractivity contribution is 0.0766. The third kappa shape index (κ3) is 4.23. The van der Waals surface area contributed by atoms with E-state index in [2.05, 4.69) is 29.1 Å². The minimum absolute atomic E-state index is 0.143. The van der Waals surface area contributed by atoms with Crippen molar-refractivity contribution < 1.29 is 9.18 Å². The number of hydrogen-bond donors (Lipinski definition) is 0. The molecule has 1 aliphatic rings. The summed E-state index contributed by atoms with van der Waals surface area (Å²) in [6.45, 7) is 6.64. The molecule has 1 fully saturated rings. The summed E-state index contributed by atoms with van der Waals surface area (Å²) >= 11 is 0. The first-order chi connectivity index (χ1) is 16.5. The van der Waals surface area contributed by atoms with Crippen LogP contribution < -0.4 is 4.90 Å². The fraction of sp³-hybridized carbons (Fsp3) is 0.308. The van der Waals surface area contributed by atoms with Gasteiger partial charge in [0.15, 0.2) is 5.65 Å². The van der Waals surface area contributed by atoms with Crippen molar-refractivity contribution in [2.24, 2.45) is 0 Å². The highest BCUT2D eigenvalue weighted by Crippen LogP contribution is 2.27. The van der Waals surface area contributed by atoms with Crippen molar-refractivity contribution in [1.82, 2.24) is 24.6 Å². The van der Waals surface area contributed by atoms with Gasteiger partial charge in [-0.1, -0.05) is 30.7 Å². The van der Waals surface area contributed by atoms with E-state index in [4.69, 9.17) is 9.97 Å². The molecule has 1 amide bonds. The van der Waals surface area contributed by atoms with E-state index in [0.717, 1.165) is 41.3 Å². The number of hydrogen-bond acceptors (Lipinski definition) is 5. The van der Waals surface area contributed by atoms with Crippen molar-refractivity contribution in [2.75, 3.05) is 31.1 Å². The molecule has 0 aliphatic carbocycles. The Balaban J connectivity index is 1.45. The second kappa shape index (κ2) is 9.21. The van der Waals surface area contributed by atoms with E-state index in [1.54, 1.807) is 17.0 Å². The average Bonchev–Trinajstić information content (AvgIpc) is 3.12. The van der Waals surface area contributed by atoms with Gasteiger partial charge in [-0.05, 0) is 43.7 Å². The Labute approximate surface area is 197 Å². The minimum Gasteiger partial charge on any atom is -0.354 e. The maximum absolute atomic E-state index is 13.6. The third-order valence-electron chi connectivity index (χ3n) is 6.20. The number of carbonyl (C=O) groups excluding carboxylic acids is 1. The Kier molecular flexibility index (Phi) is 5.96. The molecule has 0 spiro atoms. The normalized spacial score (nSPS) is 14.4. The highest BCUT2D eigenvalue weighted by atomic mass is 19.1. The smallest absolute Gasteiger partial charge is 0.254 e. The van der Waals surface area contributed by atoms with Gasteiger partial charge in [-0.25, -0.2) is 19.0 Å². The number of nitrogens with zero attached hydrogens (tertiary/aromatic N) is 6. The van der Waals surface area contributed by atoms with Gasteiger partial charge < -0.3 is 9.80 Å². The van der Waals surface area contributed by atoms with Crippen LogP contribution in [0.15, 0.2) is 54.7 Å². The second-order valence-corrected chi connectivity index (χ2v) is 8.59. The summed E-state index contributed by atoms with van der Waals surface area (Å²) in [6.07, 6.45) is 3.32. The highest BCUT2D eigenvalue weighted by molar-refractivity contribution is 5.94. The van der Waals surface area contributed by atoms with Crippen LogP contribution in [0.4, 0.5) is 10.2 Å². The lowest BCUT2D eigenvalue weighted by Crippen LogP contribution is -2.35. The quantitative estimate of drug-likeness (QED) is 0.459. The number of aryl methyl sites for hydroxylation is 2. The Bertz CT molecular complexity index is 1330. The van der Waals surface area contributed by atoms with Gasteiger partial charge >= 0.3 is 0 Å². The lowest BCUT2D eigenvalue weighted by Gasteiger charge is -2.23. The number of halogens is 1. The van der Waals surface area contributed by atoms with Crippen LogP contribution in [-0.4, -0.2) is 56.7 Å². The number of anilines is 1. The van der Waals surface area contributed by atoms with E-state index in [1.807, 2.05) is 29.9 Å². The fourth-order valence-corrected chi connectivity index (χ4v) is 4.35. The van der Waals surface area contributed by atoms with Crippen LogP contribution in [0.1, 0.15) is 35.1 Å². The van der Waals surface area contributed by atoms with E-state index >= 15 is 0 Å². The third-order valence-corrected chi connectivity index (χ3v) is 6.20. The zero-order valence-corrected chi connectivity index (χ0v) is 19.4. The largest absolute Gasteiger partial charge is 0.354 e. The van der Waals surface area contributed by atoms with E-state index in [1.165, 1.54) is 17.7 Å². The predicted molar refractivity (Wildman–Crippen MR) is 130 cm³/mol. The molecule has 0 N–H and O–H groups in total. The van der Waals surface area contributed by atoms with Crippen molar-refractivity contribution in [3.8, 4) is 5.69 Å². The summed E-state index contributed by atoms with van der Waals surface area (Å²) in [5, 5.41) is 5.52. The standard InChI is InChI=1S/C26H27FN6O/c1-3-23-29-24(22-17-28-33(25(22)30-23)21-10-8-18(2)9-11-21)31-12-5-13-32(15-14-31)26(34)19-6-4-7-20(27)16-19/h4,6-11,16-17H,3,5,12-15H2,1-2H3. The number of carbonyl (C=O) groups is 1. The summed E-state index contributed by atoms with van der Waals surface area (Å²) < 4.78 is 15.5. The maximum atomic E-state index is 13.6. The first kappa shape index (κ1) is 22.0. The molecule has 1 saturated heterocycles. The Morgan fingerprint density at radius 3 is 2.62 bits per heavy atom. The van der Waals surface area contributed by atoms with Crippen molar-refractivity contribution in [2.45, 2.75) is 26.7 Å². The number of amides is 1. The second-order valence-electron chi connectivity index (χ2n) is 8.59. The van der Waals surface area contributed by atoms with E-state index in [0.29, 0.717) is 31.6 Å². The van der Waals surface area contributed by atoms with Gasteiger partial charge in [0.1, 0.15) is 17.5 Å². The van der Waals surface area contributed by atoms with Gasteiger partial charge in [-0.15, -0.1) is 0 Å². The maximum Gasteiger partial charge on any atom is 0.254 e. The molecule has 0 saturated carbocycles. The van der Waals surface area contributed by atoms with Crippen molar-refractivity contribution in [3.05, 3.63) is 77.5 Å². The molecule has 2 aromatic carbocycles. The predicted octanol–water partition coefficient (Wildman–Crippen LogP) is 4.18. The van der Waals surface area contributed by atoms with Gasteiger partial charge in [0, 0.05) is 38.2 Å². The molecule has 0 atom stereocenters. The molecule has 4 aromatic rings. The van der Waals surface area contributed by atoms with Gasteiger partial charge in [-0.3, -0.25) is 4.79 Å². The van der Waals surface area contributed by atoms with E-state index in [-0.39, 0.29) is 5.91 Å². The molecule has 34 heavy (non-hydrogen) atoms. The molecule has 0 bridgehead atoms. The zero-order valence-electron chi connectivity index (χ0n) is 19.4. The zero-order chi connectivity index (χ0) is 23.7. The van der Waals surface area contributed by atoms with E-state index < -0.39 is 5.82 Å². The molecule has 1 aliphatic heterocycles. The molecular weight excluding hydrogens is 431 g/mol. The highest BCUT2D eigenvalue weighted by Gasteiger charge is 2.24. The molecule has 8 heteroatoms. The monoisotopic (exact) mass is 458 g/mol. The van der Waals surface area contributed by atoms with Crippen LogP contribution in [0.3, 0.4) is 0 Å². The minimum atomic E-state index is -0.400. The fourth-order valence-electron chi connectivity index (χ4n) is 4.35. The van der Waals surface area contributed by atoms with Crippen LogP contribution in [0.2, 0.25) is 0 Å². The van der Waals surface area contributed by atoms with Gasteiger partial charge in [0.25, 0.3) is 5.91 Å². The first-order valence-corrected chi connectivity index (χ1v) is 11.6. The van der Waals surface area contributed by atoms with Crippen LogP contribution in [-0.2, 0) is 6.42 Å². The summed E-state index contributed by atoms with van der Waals surface area (Å²) in [6, 6.07) is 14.1. The topological polar surface area (TPSA) is 67.2 Å². The van der Waals surface area contributed by atoms with Crippen molar-refractivity contribution in [3.63, 3.8) is 0 Å². The molecule has 0 radical (unpaired) electrons. The molecule has 5 rings (SSSR count). The molecule has 2 aromatic heterocycles. The van der Waals surface area contributed by atoms with E-state index in [9.17, 15) is 9.18 Å².